The standard InChI is InChI=1S/C72H125NO8/c1-6-8-10-12-14-16-18-20-22-24-26-28-30-32-34-35-37-38-40-42-44-46-48-50-52-54-56-58-60-62-69(74)79-66-68(67-80-72(71(76)77)78-65-64-73(3,4)5)81-70(75)63-61-59-57-55-53-51-49-47-45-43-41-39-36-33-31-29-27-25-23-21-19-17-15-13-11-9-7-2/h9,11,15,17-18,20-21,23-24,26-27,29,33,36,41,43,68,72H,6-8,10,12-14,16,19,22,25,28,30-32,34-35,37-40,42,44-67H2,1-5H3/b11-9-,17-15-,20-18-,23-21-,26-24-,29-27-,36-33-,43-41-. The van der Waals surface area contributed by atoms with Crippen LogP contribution in [0.5, 0.6) is 0 Å². The van der Waals surface area contributed by atoms with E-state index in [2.05, 4.69) is 111 Å². The van der Waals surface area contributed by atoms with Crippen molar-refractivity contribution in [2.24, 2.45) is 0 Å². The fraction of sp³-hybridized carbons (Fsp3) is 0.736. The van der Waals surface area contributed by atoms with Crippen molar-refractivity contribution in [2.75, 3.05) is 47.5 Å². The number of carboxylic acid groups (broad SMARTS) is 1. The normalized spacial score (nSPS) is 13.3. The van der Waals surface area contributed by atoms with Gasteiger partial charge in [-0.15, -0.1) is 0 Å². The lowest BCUT2D eigenvalue weighted by molar-refractivity contribution is -0.870. The van der Waals surface area contributed by atoms with Crippen molar-refractivity contribution in [3.8, 4) is 0 Å². The van der Waals surface area contributed by atoms with Crippen molar-refractivity contribution >= 4 is 17.9 Å². The molecule has 0 saturated heterocycles. The number of esters is 2. The molecule has 0 rings (SSSR count). The van der Waals surface area contributed by atoms with Crippen molar-refractivity contribution in [1.82, 2.24) is 0 Å². The molecule has 0 aliphatic heterocycles. The number of rotatable bonds is 61. The van der Waals surface area contributed by atoms with Gasteiger partial charge in [0.15, 0.2) is 12.4 Å². The molecule has 0 aromatic heterocycles. The third-order valence-corrected chi connectivity index (χ3v) is 14.3. The average Bonchev–Trinajstić information content (AvgIpc) is 3.44. The lowest BCUT2D eigenvalue weighted by Crippen LogP contribution is -2.44. The van der Waals surface area contributed by atoms with Crippen LogP contribution in [0.25, 0.3) is 0 Å². The van der Waals surface area contributed by atoms with Gasteiger partial charge in [-0.1, -0.05) is 272 Å². The number of allylic oxidation sites excluding steroid dienone is 16. The van der Waals surface area contributed by atoms with Gasteiger partial charge in [-0.25, -0.2) is 0 Å². The highest BCUT2D eigenvalue weighted by atomic mass is 16.7. The summed E-state index contributed by atoms with van der Waals surface area (Å²) < 4.78 is 22.8. The van der Waals surface area contributed by atoms with E-state index in [1.807, 2.05) is 21.1 Å². The van der Waals surface area contributed by atoms with E-state index in [1.165, 1.54) is 161 Å². The van der Waals surface area contributed by atoms with Crippen LogP contribution in [0.15, 0.2) is 97.2 Å². The summed E-state index contributed by atoms with van der Waals surface area (Å²) in [6, 6.07) is 0. The summed E-state index contributed by atoms with van der Waals surface area (Å²) in [6.07, 6.45) is 81.9. The van der Waals surface area contributed by atoms with E-state index in [0.717, 1.165) is 89.9 Å². The second-order valence-corrected chi connectivity index (χ2v) is 23.4. The van der Waals surface area contributed by atoms with E-state index in [9.17, 15) is 19.5 Å². The van der Waals surface area contributed by atoms with Gasteiger partial charge < -0.3 is 33.3 Å². The molecule has 2 unspecified atom stereocenters. The first-order chi connectivity index (χ1) is 39.6. The van der Waals surface area contributed by atoms with Gasteiger partial charge in [0.05, 0.1) is 40.3 Å². The Labute approximate surface area is 499 Å². The molecule has 0 aliphatic carbocycles. The first-order valence-corrected chi connectivity index (χ1v) is 33.4. The van der Waals surface area contributed by atoms with Crippen molar-refractivity contribution < 1.29 is 42.9 Å². The van der Waals surface area contributed by atoms with E-state index < -0.39 is 24.3 Å². The van der Waals surface area contributed by atoms with Crippen molar-refractivity contribution in [3.63, 3.8) is 0 Å². The highest BCUT2D eigenvalue weighted by molar-refractivity contribution is 5.70. The molecule has 0 aliphatic rings. The van der Waals surface area contributed by atoms with Gasteiger partial charge in [-0.05, 0) is 96.3 Å². The van der Waals surface area contributed by atoms with Crippen molar-refractivity contribution in [3.05, 3.63) is 97.2 Å². The van der Waals surface area contributed by atoms with Crippen LogP contribution in [0.4, 0.5) is 0 Å². The number of likely N-dealkylation sites (N-methyl/N-ethyl adjacent to an activating group) is 1. The van der Waals surface area contributed by atoms with Gasteiger partial charge in [0, 0.05) is 12.8 Å². The molecule has 9 nitrogen and oxygen atoms in total. The van der Waals surface area contributed by atoms with Gasteiger partial charge in [0.2, 0.25) is 0 Å². The molecule has 2 atom stereocenters. The maximum atomic E-state index is 12.9. The molecule has 0 N–H and O–H groups in total. The molecule has 0 aromatic rings. The lowest BCUT2D eigenvalue weighted by Gasteiger charge is -2.26. The first kappa shape index (κ1) is 77.2. The highest BCUT2D eigenvalue weighted by Gasteiger charge is 2.22. The van der Waals surface area contributed by atoms with Gasteiger partial charge in [0.1, 0.15) is 13.2 Å². The fourth-order valence-electron chi connectivity index (χ4n) is 9.22. The van der Waals surface area contributed by atoms with Gasteiger partial charge >= 0.3 is 11.9 Å². The highest BCUT2D eigenvalue weighted by Crippen LogP contribution is 2.17. The predicted molar refractivity (Wildman–Crippen MR) is 343 cm³/mol. The lowest BCUT2D eigenvalue weighted by atomic mass is 10.0. The van der Waals surface area contributed by atoms with E-state index in [0.29, 0.717) is 17.4 Å². The molecule has 81 heavy (non-hydrogen) atoms. The summed E-state index contributed by atoms with van der Waals surface area (Å²) in [6.45, 7) is 4.63. The van der Waals surface area contributed by atoms with Crippen LogP contribution in [0, 0.1) is 0 Å². The number of carboxylic acids is 1. The van der Waals surface area contributed by atoms with Crippen molar-refractivity contribution in [1.29, 1.82) is 0 Å². The quantitative estimate of drug-likeness (QED) is 0.0195. The number of carbonyl (C=O) groups is 3. The smallest absolute Gasteiger partial charge is 0.306 e. The number of unbranched alkanes of at least 4 members (excludes halogenated alkanes) is 30. The van der Waals surface area contributed by atoms with E-state index in [1.54, 1.807) is 0 Å². The predicted octanol–water partition coefficient (Wildman–Crippen LogP) is 19.1. The van der Waals surface area contributed by atoms with Crippen LogP contribution >= 0.6 is 0 Å². The first-order valence-electron chi connectivity index (χ1n) is 33.4. The van der Waals surface area contributed by atoms with Gasteiger partial charge in [-0.3, -0.25) is 9.59 Å². The minimum Gasteiger partial charge on any atom is -0.545 e. The molecule has 0 spiro atoms. The average molecular weight is 1130 g/mol. The zero-order chi connectivity index (χ0) is 59.1. The monoisotopic (exact) mass is 1130 g/mol. The van der Waals surface area contributed by atoms with E-state index in [4.69, 9.17) is 18.9 Å². The summed E-state index contributed by atoms with van der Waals surface area (Å²) in [5.41, 5.74) is 0. The third kappa shape index (κ3) is 63.6. The van der Waals surface area contributed by atoms with Crippen LogP contribution in [0.2, 0.25) is 0 Å². The fourth-order valence-corrected chi connectivity index (χ4v) is 9.22. The van der Waals surface area contributed by atoms with E-state index >= 15 is 0 Å². The number of carbonyl (C=O) groups excluding carboxylic acids is 3. The molecule has 0 fully saturated rings. The van der Waals surface area contributed by atoms with E-state index in [-0.39, 0.29) is 38.6 Å². The second kappa shape index (κ2) is 62.3. The minimum atomic E-state index is -1.63. The molecular formula is C72H125NO8. The number of hydrogen-bond acceptors (Lipinski definition) is 8. The summed E-state index contributed by atoms with van der Waals surface area (Å²) in [5.74, 6) is -2.29. The van der Waals surface area contributed by atoms with Gasteiger partial charge in [0.25, 0.3) is 0 Å². The largest absolute Gasteiger partial charge is 0.545 e. The molecule has 9 heteroatoms. The molecule has 0 amide bonds. The van der Waals surface area contributed by atoms with Crippen LogP contribution in [-0.4, -0.2) is 82.3 Å². The second-order valence-electron chi connectivity index (χ2n) is 23.4. The van der Waals surface area contributed by atoms with Crippen LogP contribution in [0.1, 0.15) is 284 Å². The molecule has 466 valence electrons. The Morgan fingerprint density at radius 2 is 0.704 bits per heavy atom. The Kier molecular flexibility index (Phi) is 59.3. The summed E-state index contributed by atoms with van der Waals surface area (Å²) in [7, 11) is 5.92. The van der Waals surface area contributed by atoms with Crippen LogP contribution in [-0.2, 0) is 33.3 Å². The topological polar surface area (TPSA) is 111 Å². The molecule has 0 radical (unpaired) electrons. The van der Waals surface area contributed by atoms with Crippen LogP contribution < -0.4 is 5.11 Å². The number of hydrogen-bond donors (Lipinski definition) is 0. The summed E-state index contributed by atoms with van der Waals surface area (Å²) >= 11 is 0. The summed E-state index contributed by atoms with van der Waals surface area (Å²) in [5, 5.41) is 11.8. The molecular weight excluding hydrogens is 1010 g/mol. The number of nitrogens with zero attached hydrogens (tertiary/aromatic N) is 1. The number of ether oxygens (including phenoxy) is 4. The third-order valence-electron chi connectivity index (χ3n) is 14.3. The van der Waals surface area contributed by atoms with Crippen LogP contribution in [0.3, 0.4) is 0 Å². The Balaban J connectivity index is 4.17. The Hall–Kier alpha value is -3.79. The Bertz CT molecular complexity index is 1650. The maximum absolute atomic E-state index is 12.9. The summed E-state index contributed by atoms with van der Waals surface area (Å²) in [4.78, 5) is 37.5. The SMILES string of the molecule is CC/C=C\C/C=C\C/C=C\C/C=C\C/C=C\C/C=C\CCCCCCCCCCC(=O)OC(COC(=O)CCCCCCCCCCCCCCCCCCC/C=C\C/C=C\CCCCCCC)COC(OCC[N+](C)(C)C)C(=O)[O-]. The molecule has 0 saturated carbocycles. The zero-order valence-corrected chi connectivity index (χ0v) is 53.1. The Morgan fingerprint density at radius 1 is 0.383 bits per heavy atom. The number of quaternary nitrogens is 1. The molecule has 0 heterocycles. The maximum Gasteiger partial charge on any atom is 0.306 e. The minimum absolute atomic E-state index is 0.142. The number of aliphatic carboxylic acids is 1. The Morgan fingerprint density at radius 3 is 1.05 bits per heavy atom. The zero-order valence-electron chi connectivity index (χ0n) is 53.1. The van der Waals surface area contributed by atoms with Gasteiger partial charge in [-0.2, -0.15) is 0 Å². The van der Waals surface area contributed by atoms with Crippen molar-refractivity contribution in [2.45, 2.75) is 296 Å². The molecule has 0 aromatic carbocycles. The molecule has 0 bridgehead atoms.